The molecule has 4 heterocycles. The van der Waals surface area contributed by atoms with Crippen molar-refractivity contribution in [2.24, 2.45) is 0 Å². The molecule has 10 heteroatoms. The van der Waals surface area contributed by atoms with Gasteiger partial charge in [-0.1, -0.05) is 0 Å². The number of amides is 2. The Kier molecular flexibility index (Phi) is 6.77. The van der Waals surface area contributed by atoms with Gasteiger partial charge in [-0.15, -0.1) is 0 Å². The minimum Gasteiger partial charge on any atom is -0.444 e. The van der Waals surface area contributed by atoms with Crippen LogP contribution in [0, 0.1) is 13.8 Å². The fourth-order valence-electron chi connectivity index (χ4n) is 4.70. The Morgan fingerprint density at radius 3 is 2.50 bits per heavy atom. The summed E-state index contributed by atoms with van der Waals surface area (Å²) >= 11 is 0. The molecule has 2 aliphatic heterocycles. The summed E-state index contributed by atoms with van der Waals surface area (Å²) in [6.45, 7) is 10.5. The molecule has 0 bridgehead atoms. The SMILES string of the molecule is Cc1nc(Nc2cc(C)[nH]n2)cc([C@H]2CCCN2C(=O)[C@@H]2CCCCN2C(=O)OC(C)(C)C)n1. The van der Waals surface area contributed by atoms with E-state index in [-0.39, 0.29) is 11.9 Å². The van der Waals surface area contributed by atoms with E-state index in [2.05, 4.69) is 25.5 Å². The molecule has 2 N–H and O–H groups in total. The minimum atomic E-state index is -0.604. The summed E-state index contributed by atoms with van der Waals surface area (Å²) < 4.78 is 5.60. The second-order valence-corrected chi connectivity index (χ2v) is 10.2. The number of piperidine rings is 1. The van der Waals surface area contributed by atoms with Gasteiger partial charge in [-0.05, 0) is 66.7 Å². The number of H-pyrrole nitrogens is 1. The summed E-state index contributed by atoms with van der Waals surface area (Å²) in [5, 5.41) is 10.3. The third-order valence-corrected chi connectivity index (χ3v) is 6.11. The lowest BCUT2D eigenvalue weighted by atomic mass is 10.0. The molecule has 0 radical (unpaired) electrons. The Morgan fingerprint density at radius 2 is 1.79 bits per heavy atom. The van der Waals surface area contributed by atoms with E-state index in [9.17, 15) is 9.59 Å². The van der Waals surface area contributed by atoms with E-state index in [0.29, 0.717) is 37.0 Å². The second-order valence-electron chi connectivity index (χ2n) is 10.2. The van der Waals surface area contributed by atoms with Crippen LogP contribution in [0.5, 0.6) is 0 Å². The zero-order chi connectivity index (χ0) is 24.5. The lowest BCUT2D eigenvalue weighted by molar-refractivity contribution is -0.139. The fraction of sp³-hybridized carbons (Fsp3) is 0.625. The number of nitrogens with zero attached hydrogens (tertiary/aromatic N) is 5. The number of hydrogen-bond donors (Lipinski definition) is 2. The highest BCUT2D eigenvalue weighted by molar-refractivity contribution is 5.86. The number of anilines is 2. The number of carbonyl (C=O) groups is 2. The van der Waals surface area contributed by atoms with Gasteiger partial charge in [-0.2, -0.15) is 5.10 Å². The van der Waals surface area contributed by atoms with Gasteiger partial charge in [-0.25, -0.2) is 14.8 Å². The van der Waals surface area contributed by atoms with Crippen molar-refractivity contribution in [2.75, 3.05) is 18.4 Å². The average molecular weight is 470 g/mol. The van der Waals surface area contributed by atoms with Crippen molar-refractivity contribution in [1.82, 2.24) is 30.0 Å². The van der Waals surface area contributed by atoms with Crippen LogP contribution < -0.4 is 5.32 Å². The van der Waals surface area contributed by atoms with E-state index in [0.717, 1.165) is 37.1 Å². The Morgan fingerprint density at radius 1 is 1.03 bits per heavy atom. The molecule has 0 saturated carbocycles. The van der Waals surface area contributed by atoms with Crippen molar-refractivity contribution in [3.63, 3.8) is 0 Å². The van der Waals surface area contributed by atoms with Gasteiger partial charge in [0.15, 0.2) is 5.82 Å². The molecule has 2 saturated heterocycles. The molecule has 2 aromatic rings. The smallest absolute Gasteiger partial charge is 0.410 e. The van der Waals surface area contributed by atoms with Crippen LogP contribution >= 0.6 is 0 Å². The topological polar surface area (TPSA) is 116 Å². The second kappa shape index (κ2) is 9.60. The normalized spacial score (nSPS) is 21.0. The predicted octanol–water partition coefficient (Wildman–Crippen LogP) is 4.01. The number of hydrogen-bond acceptors (Lipinski definition) is 7. The van der Waals surface area contributed by atoms with Crippen molar-refractivity contribution in [3.05, 3.63) is 29.3 Å². The number of nitrogens with one attached hydrogen (secondary N) is 2. The molecule has 34 heavy (non-hydrogen) atoms. The number of likely N-dealkylation sites (tertiary alicyclic amines) is 2. The molecule has 0 aromatic carbocycles. The highest BCUT2D eigenvalue weighted by atomic mass is 16.6. The molecular weight excluding hydrogens is 434 g/mol. The Balaban J connectivity index is 1.54. The summed E-state index contributed by atoms with van der Waals surface area (Å²) in [7, 11) is 0. The molecule has 2 atom stereocenters. The van der Waals surface area contributed by atoms with Gasteiger partial charge in [-0.3, -0.25) is 14.8 Å². The van der Waals surface area contributed by atoms with Crippen LogP contribution in [0.1, 0.15) is 76.1 Å². The van der Waals surface area contributed by atoms with Crippen LogP contribution in [0.4, 0.5) is 16.4 Å². The van der Waals surface area contributed by atoms with Crippen LogP contribution in [-0.4, -0.2) is 66.7 Å². The van der Waals surface area contributed by atoms with Gasteiger partial charge < -0.3 is 15.0 Å². The van der Waals surface area contributed by atoms with Gasteiger partial charge in [0, 0.05) is 30.9 Å². The van der Waals surface area contributed by atoms with Crippen LogP contribution in [0.2, 0.25) is 0 Å². The molecule has 2 aliphatic rings. The van der Waals surface area contributed by atoms with Crippen molar-refractivity contribution < 1.29 is 14.3 Å². The molecule has 2 aromatic heterocycles. The summed E-state index contributed by atoms with van der Waals surface area (Å²) in [4.78, 5) is 39.2. The predicted molar refractivity (Wildman–Crippen MR) is 128 cm³/mol. The maximum Gasteiger partial charge on any atom is 0.410 e. The van der Waals surface area contributed by atoms with Crippen LogP contribution in [0.25, 0.3) is 0 Å². The highest BCUT2D eigenvalue weighted by Gasteiger charge is 2.41. The molecule has 2 amide bonds. The molecule has 0 unspecified atom stereocenters. The first-order valence-electron chi connectivity index (χ1n) is 12.1. The van der Waals surface area contributed by atoms with E-state index in [1.807, 2.05) is 51.7 Å². The third-order valence-electron chi connectivity index (χ3n) is 6.11. The highest BCUT2D eigenvalue weighted by Crippen LogP contribution is 2.34. The van der Waals surface area contributed by atoms with Gasteiger partial charge >= 0.3 is 6.09 Å². The number of rotatable bonds is 4. The summed E-state index contributed by atoms with van der Waals surface area (Å²) in [5.74, 6) is 1.92. The maximum atomic E-state index is 13.7. The summed E-state index contributed by atoms with van der Waals surface area (Å²) in [6, 6.07) is 3.13. The number of ether oxygens (including phenoxy) is 1. The van der Waals surface area contributed by atoms with E-state index in [4.69, 9.17) is 4.74 Å². The zero-order valence-electron chi connectivity index (χ0n) is 20.7. The van der Waals surface area contributed by atoms with Gasteiger partial charge in [0.25, 0.3) is 0 Å². The van der Waals surface area contributed by atoms with Crippen molar-refractivity contribution in [2.45, 2.75) is 84.4 Å². The first kappa shape index (κ1) is 24.0. The van der Waals surface area contributed by atoms with Gasteiger partial charge in [0.2, 0.25) is 5.91 Å². The largest absolute Gasteiger partial charge is 0.444 e. The standard InChI is InChI=1S/C24H35N7O3/c1-15-13-21(29-28-15)27-20-14-17(25-16(2)26-20)18-10-8-12-30(18)22(32)19-9-6-7-11-31(19)23(33)34-24(3,4)5/h13-14,18-19H,6-12H2,1-5H3,(H2,25,26,27,28,29)/t18-,19+/m1/s1. The lowest BCUT2D eigenvalue weighted by Crippen LogP contribution is -2.54. The number of aryl methyl sites for hydroxylation is 2. The monoisotopic (exact) mass is 469 g/mol. The molecule has 2 fully saturated rings. The summed E-state index contributed by atoms with van der Waals surface area (Å²) in [6.07, 6.45) is 3.73. The lowest BCUT2D eigenvalue weighted by Gasteiger charge is -2.38. The minimum absolute atomic E-state index is 0.0261. The first-order valence-corrected chi connectivity index (χ1v) is 12.1. The Bertz CT molecular complexity index is 1050. The van der Waals surface area contributed by atoms with Crippen LogP contribution in [0.15, 0.2) is 12.1 Å². The molecule has 0 spiro atoms. The molecule has 4 rings (SSSR count). The molecule has 10 nitrogen and oxygen atoms in total. The number of aromatic amines is 1. The quantitative estimate of drug-likeness (QED) is 0.695. The average Bonchev–Trinajstić information content (AvgIpc) is 3.41. The Labute approximate surface area is 200 Å². The molecule has 0 aliphatic carbocycles. The van der Waals surface area contributed by atoms with Crippen molar-refractivity contribution >= 4 is 23.6 Å². The third kappa shape index (κ3) is 5.48. The number of carbonyl (C=O) groups excluding carboxylic acids is 2. The van der Waals surface area contributed by atoms with Crippen LogP contribution in [0.3, 0.4) is 0 Å². The zero-order valence-corrected chi connectivity index (χ0v) is 20.7. The summed E-state index contributed by atoms with van der Waals surface area (Å²) in [5.41, 5.74) is 1.14. The van der Waals surface area contributed by atoms with Gasteiger partial charge in [0.05, 0.1) is 11.7 Å². The molecular formula is C24H35N7O3. The first-order chi connectivity index (χ1) is 16.1. The van der Waals surface area contributed by atoms with Crippen molar-refractivity contribution in [1.29, 1.82) is 0 Å². The van der Waals surface area contributed by atoms with E-state index in [1.54, 1.807) is 4.90 Å². The van der Waals surface area contributed by atoms with Crippen molar-refractivity contribution in [3.8, 4) is 0 Å². The number of aromatic nitrogens is 4. The van der Waals surface area contributed by atoms with Gasteiger partial charge in [0.1, 0.15) is 23.3 Å². The van der Waals surface area contributed by atoms with Crippen LogP contribution in [-0.2, 0) is 9.53 Å². The molecule has 184 valence electrons. The van der Waals surface area contributed by atoms with E-state index < -0.39 is 17.7 Å². The fourth-order valence-corrected chi connectivity index (χ4v) is 4.70. The van der Waals surface area contributed by atoms with E-state index in [1.165, 1.54) is 0 Å². The Hall–Kier alpha value is -3.17. The maximum absolute atomic E-state index is 13.7. The van der Waals surface area contributed by atoms with E-state index >= 15 is 0 Å².